The first kappa shape index (κ1) is 17.4. The van der Waals surface area contributed by atoms with Gasteiger partial charge in [-0.15, -0.1) is 11.3 Å². The Labute approximate surface area is 146 Å². The number of carboxylic acid groups (broad SMARTS) is 1. The van der Waals surface area contributed by atoms with E-state index in [1.165, 1.54) is 10.6 Å². The Bertz CT molecular complexity index is 772. The van der Waals surface area contributed by atoms with Crippen LogP contribution in [0.4, 0.5) is 0 Å². The van der Waals surface area contributed by atoms with Gasteiger partial charge in [0.25, 0.3) is 0 Å². The molecule has 0 amide bonds. The molecular weight excluding hydrogens is 326 g/mol. The van der Waals surface area contributed by atoms with Crippen LogP contribution in [0, 0.1) is 11.3 Å². The van der Waals surface area contributed by atoms with Crippen molar-refractivity contribution >= 4 is 22.3 Å². The minimum atomic E-state index is -0.984. The lowest BCUT2D eigenvalue weighted by atomic mass is 9.73. The quantitative estimate of drug-likeness (QED) is 0.857. The fourth-order valence-electron chi connectivity index (χ4n) is 3.45. The lowest BCUT2D eigenvalue weighted by Crippen LogP contribution is -2.27. The van der Waals surface area contributed by atoms with Crippen molar-refractivity contribution in [1.82, 2.24) is 14.4 Å². The van der Waals surface area contributed by atoms with Crippen LogP contribution in [0.3, 0.4) is 0 Å². The summed E-state index contributed by atoms with van der Waals surface area (Å²) in [6.07, 6.45) is 3.15. The van der Waals surface area contributed by atoms with Crippen LogP contribution >= 0.6 is 11.3 Å². The van der Waals surface area contributed by atoms with E-state index in [9.17, 15) is 9.90 Å². The van der Waals surface area contributed by atoms with E-state index in [2.05, 4.69) is 30.2 Å². The van der Waals surface area contributed by atoms with Gasteiger partial charge in [-0.2, -0.15) is 5.06 Å². The van der Waals surface area contributed by atoms with Crippen LogP contribution in [0.15, 0.2) is 0 Å². The molecule has 0 aliphatic heterocycles. The molecule has 1 aliphatic rings. The van der Waals surface area contributed by atoms with E-state index >= 15 is 0 Å². The second-order valence-corrected chi connectivity index (χ2v) is 8.64. The number of aromatic carboxylic acids is 1. The number of rotatable bonds is 4. The molecule has 7 heteroatoms. The summed E-state index contributed by atoms with van der Waals surface area (Å²) < 4.78 is 2.05. The maximum absolute atomic E-state index is 11.6. The first-order valence-electron chi connectivity index (χ1n) is 8.22. The van der Waals surface area contributed by atoms with E-state index in [-0.39, 0.29) is 11.1 Å². The molecule has 0 fully saturated rings. The first-order chi connectivity index (χ1) is 11.2. The average molecular weight is 351 g/mol. The maximum atomic E-state index is 11.6. The van der Waals surface area contributed by atoms with Gasteiger partial charge in [-0.1, -0.05) is 20.8 Å². The molecule has 3 rings (SSSR count). The largest absolute Gasteiger partial charge is 0.476 e. The van der Waals surface area contributed by atoms with Crippen molar-refractivity contribution in [3.8, 4) is 0 Å². The van der Waals surface area contributed by atoms with Gasteiger partial charge in [0.2, 0.25) is 0 Å². The summed E-state index contributed by atoms with van der Waals surface area (Å²) in [5.41, 5.74) is 2.35. The fourth-order valence-corrected chi connectivity index (χ4v) is 4.72. The van der Waals surface area contributed by atoms with Gasteiger partial charge in [-0.05, 0) is 30.6 Å². The van der Waals surface area contributed by atoms with E-state index in [4.69, 9.17) is 4.84 Å². The molecule has 132 valence electrons. The Morgan fingerprint density at radius 2 is 2.21 bits per heavy atom. The van der Waals surface area contributed by atoms with E-state index in [0.29, 0.717) is 18.2 Å². The summed E-state index contributed by atoms with van der Waals surface area (Å²) in [4.78, 5) is 23.3. The molecular formula is C17H25N3O3S. The first-order valence-corrected chi connectivity index (χ1v) is 9.04. The van der Waals surface area contributed by atoms with Crippen LogP contribution in [0.25, 0.3) is 4.96 Å². The molecule has 6 nitrogen and oxygen atoms in total. The van der Waals surface area contributed by atoms with Crippen LogP contribution in [-0.4, -0.2) is 39.7 Å². The van der Waals surface area contributed by atoms with Gasteiger partial charge in [0.15, 0.2) is 10.7 Å². The van der Waals surface area contributed by atoms with Crippen LogP contribution in [-0.2, 0) is 24.2 Å². The molecule has 1 unspecified atom stereocenters. The number of carboxylic acids is 1. The van der Waals surface area contributed by atoms with Crippen molar-refractivity contribution in [3.63, 3.8) is 0 Å². The highest BCUT2D eigenvalue weighted by Gasteiger charge is 2.33. The smallest absolute Gasteiger partial charge is 0.356 e. The predicted octanol–water partition coefficient (Wildman–Crippen LogP) is 3.24. The number of carbonyl (C=O) groups is 1. The molecule has 0 aromatic carbocycles. The molecule has 2 aromatic heterocycles. The molecule has 0 radical (unpaired) electrons. The number of hydroxylamine groups is 2. The number of hydrogen-bond donors (Lipinski definition) is 1. The number of imidazole rings is 1. The molecule has 2 aromatic rings. The number of nitrogens with zero attached hydrogens (tertiary/aromatic N) is 3. The molecule has 1 atom stereocenters. The van der Waals surface area contributed by atoms with Crippen LogP contribution < -0.4 is 0 Å². The standard InChI is InChI=1S/C17H25N3O3S/c1-17(2,3)10-6-7-11-13(8-10)24-16-18-14(15(21)22)12(20(11)16)9-19(4)23-5/h10H,6-9H2,1-5H3,(H,21,22). The SMILES string of the molecule is CON(C)Cc1c(C(=O)O)nc2sc3c(n12)CCC(C(C)(C)C)C3. The summed E-state index contributed by atoms with van der Waals surface area (Å²) in [6.45, 7) is 7.28. The third kappa shape index (κ3) is 2.96. The molecule has 2 heterocycles. The number of aryl methyl sites for hydroxylation is 1. The summed E-state index contributed by atoms with van der Waals surface area (Å²) in [5.74, 6) is -0.333. The molecule has 0 bridgehead atoms. The Kier molecular flexibility index (Phi) is 4.44. The molecule has 0 saturated carbocycles. The van der Waals surface area contributed by atoms with E-state index in [0.717, 1.165) is 24.2 Å². The summed E-state index contributed by atoms with van der Waals surface area (Å²) in [5, 5.41) is 11.1. The number of hydrogen-bond acceptors (Lipinski definition) is 5. The van der Waals surface area contributed by atoms with Crippen molar-refractivity contribution in [2.75, 3.05) is 14.2 Å². The normalized spacial score (nSPS) is 18.3. The zero-order valence-corrected chi connectivity index (χ0v) is 15.7. The number of fused-ring (bicyclic) bond motifs is 3. The van der Waals surface area contributed by atoms with Crippen molar-refractivity contribution in [2.24, 2.45) is 11.3 Å². The predicted molar refractivity (Wildman–Crippen MR) is 93.5 cm³/mol. The number of thiazole rings is 1. The van der Waals surface area contributed by atoms with Gasteiger partial charge in [0.1, 0.15) is 0 Å². The van der Waals surface area contributed by atoms with E-state index in [1.54, 1.807) is 30.6 Å². The lowest BCUT2D eigenvalue weighted by molar-refractivity contribution is -0.117. The molecule has 0 saturated heterocycles. The van der Waals surface area contributed by atoms with Gasteiger partial charge >= 0.3 is 5.97 Å². The van der Waals surface area contributed by atoms with E-state index < -0.39 is 5.97 Å². The minimum Gasteiger partial charge on any atom is -0.476 e. The average Bonchev–Trinajstić information content (AvgIpc) is 3.02. The Morgan fingerprint density at radius 3 is 2.79 bits per heavy atom. The van der Waals surface area contributed by atoms with Crippen molar-refractivity contribution < 1.29 is 14.7 Å². The molecule has 24 heavy (non-hydrogen) atoms. The highest BCUT2D eigenvalue weighted by molar-refractivity contribution is 7.17. The van der Waals surface area contributed by atoms with Gasteiger partial charge in [0.05, 0.1) is 19.3 Å². The monoisotopic (exact) mass is 351 g/mol. The molecule has 0 spiro atoms. The summed E-state index contributed by atoms with van der Waals surface area (Å²) >= 11 is 1.64. The Morgan fingerprint density at radius 1 is 1.50 bits per heavy atom. The summed E-state index contributed by atoms with van der Waals surface area (Å²) in [7, 11) is 3.37. The second kappa shape index (κ2) is 6.13. The van der Waals surface area contributed by atoms with E-state index in [1.807, 2.05) is 0 Å². The van der Waals surface area contributed by atoms with Crippen LogP contribution in [0.5, 0.6) is 0 Å². The van der Waals surface area contributed by atoms with Crippen molar-refractivity contribution in [3.05, 3.63) is 22.0 Å². The van der Waals surface area contributed by atoms with Gasteiger partial charge in [-0.3, -0.25) is 4.40 Å². The minimum absolute atomic E-state index is 0.130. The third-order valence-electron chi connectivity index (χ3n) is 5.02. The highest BCUT2D eigenvalue weighted by atomic mass is 32.1. The second-order valence-electron chi connectivity index (χ2n) is 7.58. The molecule has 1 N–H and O–H groups in total. The molecule has 1 aliphatic carbocycles. The topological polar surface area (TPSA) is 67.1 Å². The van der Waals surface area contributed by atoms with Crippen LogP contribution in [0.2, 0.25) is 0 Å². The maximum Gasteiger partial charge on any atom is 0.356 e. The van der Waals surface area contributed by atoms with Gasteiger partial charge in [-0.25, -0.2) is 9.78 Å². The van der Waals surface area contributed by atoms with Crippen molar-refractivity contribution in [1.29, 1.82) is 0 Å². The van der Waals surface area contributed by atoms with Crippen molar-refractivity contribution in [2.45, 2.75) is 46.6 Å². The Hall–Kier alpha value is -1.44. The zero-order valence-electron chi connectivity index (χ0n) is 14.9. The summed E-state index contributed by atoms with van der Waals surface area (Å²) in [6, 6.07) is 0. The lowest BCUT2D eigenvalue weighted by Gasteiger charge is -2.33. The highest BCUT2D eigenvalue weighted by Crippen LogP contribution is 2.41. The van der Waals surface area contributed by atoms with Crippen LogP contribution in [0.1, 0.15) is 53.9 Å². The van der Waals surface area contributed by atoms with Gasteiger partial charge in [0, 0.05) is 17.6 Å². The fraction of sp³-hybridized carbons (Fsp3) is 0.647. The third-order valence-corrected chi connectivity index (χ3v) is 6.13. The van der Waals surface area contributed by atoms with Gasteiger partial charge < -0.3 is 9.94 Å². The zero-order chi connectivity index (χ0) is 17.6. The number of aromatic nitrogens is 2. The Balaban J connectivity index is 2.07.